The van der Waals surface area contributed by atoms with E-state index >= 15 is 0 Å². The summed E-state index contributed by atoms with van der Waals surface area (Å²) in [5.74, 6) is -0.481. The van der Waals surface area contributed by atoms with Gasteiger partial charge in [-0.1, -0.05) is 85.6 Å². The van der Waals surface area contributed by atoms with Crippen molar-refractivity contribution in [3.63, 3.8) is 0 Å². The third-order valence-electron chi connectivity index (χ3n) is 7.51. The molecule has 1 fully saturated rings. The van der Waals surface area contributed by atoms with Gasteiger partial charge in [0.15, 0.2) is 5.13 Å². The first-order valence-electron chi connectivity index (χ1n) is 13.8. The second-order valence-corrected chi connectivity index (χ2v) is 11.9. The summed E-state index contributed by atoms with van der Waals surface area (Å²) in [5.41, 5.74) is 2.47. The van der Waals surface area contributed by atoms with E-state index in [1.165, 1.54) is 23.5 Å². The van der Waals surface area contributed by atoms with Crippen molar-refractivity contribution in [3.05, 3.63) is 107 Å². The molecule has 2 amide bonds. The van der Waals surface area contributed by atoms with E-state index in [2.05, 4.69) is 22.8 Å². The number of hydrogen-bond acceptors (Lipinski definition) is 4. The lowest BCUT2D eigenvalue weighted by atomic mass is 9.90. The lowest BCUT2D eigenvalue weighted by Gasteiger charge is -2.30. The van der Waals surface area contributed by atoms with Gasteiger partial charge in [-0.15, -0.1) is 11.3 Å². The number of rotatable bonds is 10. The number of carbonyl (C=O) groups is 2. The molecule has 1 heterocycles. The molecule has 4 aromatic rings. The summed E-state index contributed by atoms with van der Waals surface area (Å²) in [4.78, 5) is 32.8. The zero-order valence-corrected chi connectivity index (χ0v) is 23.5. The van der Waals surface area contributed by atoms with Gasteiger partial charge in [0, 0.05) is 29.7 Å². The predicted octanol–water partition coefficient (Wildman–Crippen LogP) is 7.18. The molecule has 0 radical (unpaired) electrons. The maximum atomic E-state index is 13.9. The molecule has 206 valence electrons. The van der Waals surface area contributed by atoms with Crippen LogP contribution in [-0.2, 0) is 22.4 Å². The molecule has 40 heavy (non-hydrogen) atoms. The Hall–Kier alpha value is -3.84. The Balaban J connectivity index is 1.41. The van der Waals surface area contributed by atoms with Crippen molar-refractivity contribution in [1.82, 2.24) is 10.3 Å². The van der Waals surface area contributed by atoms with Crippen LogP contribution in [0.1, 0.15) is 55.0 Å². The first kappa shape index (κ1) is 27.7. The van der Waals surface area contributed by atoms with Gasteiger partial charge in [0.1, 0.15) is 11.4 Å². The van der Waals surface area contributed by atoms with Gasteiger partial charge in [0.05, 0.1) is 5.69 Å². The maximum Gasteiger partial charge on any atom is 0.251 e. The Morgan fingerprint density at radius 3 is 2.25 bits per heavy atom. The van der Waals surface area contributed by atoms with Crippen molar-refractivity contribution in [2.75, 3.05) is 5.32 Å². The monoisotopic (exact) mass is 555 g/mol. The zero-order valence-electron chi connectivity index (χ0n) is 22.7. The van der Waals surface area contributed by atoms with Gasteiger partial charge in [0.25, 0.3) is 5.91 Å². The minimum absolute atomic E-state index is 0.138. The summed E-state index contributed by atoms with van der Waals surface area (Å²) in [6, 6.07) is 26.1. The number of carbonyl (C=O) groups excluding carboxylic acids is 2. The van der Waals surface area contributed by atoms with Crippen LogP contribution in [0.4, 0.5) is 9.52 Å². The summed E-state index contributed by atoms with van der Waals surface area (Å²) >= 11 is 1.44. The van der Waals surface area contributed by atoms with Crippen LogP contribution in [0.3, 0.4) is 0 Å². The largest absolute Gasteiger partial charge is 0.342 e. The first-order valence-corrected chi connectivity index (χ1v) is 14.7. The molecule has 1 aliphatic carbocycles. The zero-order chi connectivity index (χ0) is 28.0. The molecular weight excluding hydrogens is 521 g/mol. The van der Waals surface area contributed by atoms with E-state index in [1.54, 1.807) is 19.1 Å². The van der Waals surface area contributed by atoms with Gasteiger partial charge >= 0.3 is 0 Å². The summed E-state index contributed by atoms with van der Waals surface area (Å²) in [5, 5.41) is 6.51. The molecule has 5 rings (SSSR count). The third-order valence-corrected chi connectivity index (χ3v) is 8.48. The Labute approximate surface area is 238 Å². The number of benzene rings is 3. The standard InChI is InChI=1S/C33H34FN3O2S/c1-33(22-25-16-18-27(34)19-17-25,37-29(38)21-24-12-8-9-13-24)31(39)36-32-35-30(26-14-6-3-7-15-26)28(40-32)20-23-10-4-2-5-11-23/h2-7,10-11,14-19,24H,8-9,12-13,20-22H2,1H3,(H,37,38)(H,35,36,39). The number of nitrogens with zero attached hydrogens (tertiary/aromatic N) is 1. The van der Waals surface area contributed by atoms with Crippen molar-refractivity contribution in [2.24, 2.45) is 5.92 Å². The highest BCUT2D eigenvalue weighted by Gasteiger charge is 2.36. The lowest BCUT2D eigenvalue weighted by molar-refractivity contribution is -0.130. The molecule has 1 saturated carbocycles. The van der Waals surface area contributed by atoms with Gasteiger partial charge in [0.2, 0.25) is 5.91 Å². The fourth-order valence-corrected chi connectivity index (χ4v) is 6.40. The molecule has 1 aromatic heterocycles. The van der Waals surface area contributed by atoms with Gasteiger partial charge in [-0.05, 0) is 48.9 Å². The highest BCUT2D eigenvalue weighted by Crippen LogP contribution is 2.34. The Morgan fingerprint density at radius 1 is 0.925 bits per heavy atom. The summed E-state index contributed by atoms with van der Waals surface area (Å²) in [7, 11) is 0. The number of amides is 2. The van der Waals surface area contributed by atoms with Crippen molar-refractivity contribution in [2.45, 2.75) is 57.4 Å². The van der Waals surface area contributed by atoms with Gasteiger partial charge < -0.3 is 5.32 Å². The first-order chi connectivity index (χ1) is 19.4. The molecule has 0 bridgehead atoms. The lowest BCUT2D eigenvalue weighted by Crippen LogP contribution is -2.56. The number of anilines is 1. The highest BCUT2D eigenvalue weighted by atomic mass is 32.1. The molecule has 0 saturated heterocycles. The van der Waals surface area contributed by atoms with Crippen LogP contribution >= 0.6 is 11.3 Å². The van der Waals surface area contributed by atoms with Gasteiger partial charge in [-0.2, -0.15) is 0 Å². The van der Waals surface area contributed by atoms with E-state index in [-0.39, 0.29) is 24.1 Å². The van der Waals surface area contributed by atoms with Crippen LogP contribution in [0.2, 0.25) is 0 Å². The number of nitrogens with one attached hydrogen (secondary N) is 2. The minimum atomic E-state index is -1.24. The average molecular weight is 556 g/mol. The number of hydrogen-bond donors (Lipinski definition) is 2. The van der Waals surface area contributed by atoms with Crippen LogP contribution in [0.15, 0.2) is 84.9 Å². The van der Waals surface area contributed by atoms with Crippen LogP contribution < -0.4 is 10.6 Å². The molecule has 0 aliphatic heterocycles. The molecule has 7 heteroatoms. The molecule has 3 aromatic carbocycles. The average Bonchev–Trinajstić information content (AvgIpc) is 3.61. The van der Waals surface area contributed by atoms with Crippen molar-refractivity contribution < 1.29 is 14.0 Å². The van der Waals surface area contributed by atoms with Crippen LogP contribution in [-0.4, -0.2) is 22.3 Å². The van der Waals surface area contributed by atoms with Crippen molar-refractivity contribution in [1.29, 1.82) is 0 Å². The molecule has 2 N–H and O–H groups in total. The fraction of sp³-hybridized carbons (Fsp3) is 0.303. The molecule has 5 nitrogen and oxygen atoms in total. The van der Waals surface area contributed by atoms with E-state index in [4.69, 9.17) is 4.98 Å². The fourth-order valence-electron chi connectivity index (χ4n) is 5.39. The van der Waals surface area contributed by atoms with Gasteiger partial charge in [-0.25, -0.2) is 9.37 Å². The Bertz CT molecular complexity index is 1430. The van der Waals surface area contributed by atoms with E-state index < -0.39 is 5.54 Å². The topological polar surface area (TPSA) is 71.1 Å². The van der Waals surface area contributed by atoms with E-state index in [1.807, 2.05) is 48.5 Å². The third kappa shape index (κ3) is 7.02. The summed E-state index contributed by atoms with van der Waals surface area (Å²) in [6.07, 6.45) is 5.68. The molecule has 1 unspecified atom stereocenters. The van der Waals surface area contributed by atoms with Crippen molar-refractivity contribution >= 4 is 28.3 Å². The molecule has 1 aliphatic rings. The highest BCUT2D eigenvalue weighted by molar-refractivity contribution is 7.16. The van der Waals surface area contributed by atoms with E-state index in [9.17, 15) is 14.0 Å². The van der Waals surface area contributed by atoms with Crippen LogP contribution in [0.5, 0.6) is 0 Å². The van der Waals surface area contributed by atoms with Crippen LogP contribution in [0, 0.1) is 11.7 Å². The molecule has 1 atom stereocenters. The van der Waals surface area contributed by atoms with Crippen LogP contribution in [0.25, 0.3) is 11.3 Å². The predicted molar refractivity (Wildman–Crippen MR) is 159 cm³/mol. The minimum Gasteiger partial charge on any atom is -0.342 e. The second kappa shape index (κ2) is 12.6. The smallest absolute Gasteiger partial charge is 0.251 e. The number of aromatic nitrogens is 1. The van der Waals surface area contributed by atoms with E-state index in [0.29, 0.717) is 23.9 Å². The normalized spacial score (nSPS) is 14.9. The van der Waals surface area contributed by atoms with E-state index in [0.717, 1.165) is 52.9 Å². The molecule has 0 spiro atoms. The Morgan fingerprint density at radius 2 is 1.57 bits per heavy atom. The quantitative estimate of drug-likeness (QED) is 0.218. The summed E-state index contributed by atoms with van der Waals surface area (Å²) in [6.45, 7) is 1.73. The summed E-state index contributed by atoms with van der Waals surface area (Å²) < 4.78 is 13.6. The van der Waals surface area contributed by atoms with Crippen molar-refractivity contribution in [3.8, 4) is 11.3 Å². The number of halogens is 1. The second-order valence-electron chi connectivity index (χ2n) is 10.8. The van der Waals surface area contributed by atoms with Gasteiger partial charge in [-0.3, -0.25) is 14.9 Å². The maximum absolute atomic E-state index is 13.9. The Kier molecular flexibility index (Phi) is 8.70. The molecular formula is C33H34FN3O2S. The SMILES string of the molecule is CC(Cc1ccc(F)cc1)(NC(=O)CC1CCCC1)C(=O)Nc1nc(-c2ccccc2)c(Cc2ccccc2)s1. The number of thiazole rings is 1.